The summed E-state index contributed by atoms with van der Waals surface area (Å²) in [4.78, 5) is 59.8. The molecular weight excluding hydrogens is 582 g/mol. The Kier molecular flexibility index (Phi) is 7.48. The standard InChI is InChI=1S/C33H27N3O7S/c1-18-26(32(40)42-4)28(21-14-15-24(43-19(2)37)25(16-21)41-3)36-31(39)29(44-33(36)34-18)27-22-12-8-9-13-23(22)35(30(27)38)17-20-10-6-5-7-11-20/h5-16,28H,17H2,1-4H3/b29-27-. The molecule has 2 aliphatic rings. The van der Waals surface area contributed by atoms with Gasteiger partial charge in [-0.3, -0.25) is 19.0 Å². The molecule has 0 bridgehead atoms. The molecule has 4 aromatic rings. The lowest BCUT2D eigenvalue weighted by Gasteiger charge is -2.25. The Bertz CT molecular complexity index is 2060. The van der Waals surface area contributed by atoms with Crippen LogP contribution in [0.3, 0.4) is 0 Å². The number of allylic oxidation sites excluding steroid dienone is 1. The van der Waals surface area contributed by atoms with Gasteiger partial charge in [0.25, 0.3) is 11.5 Å². The summed E-state index contributed by atoms with van der Waals surface area (Å²) in [5, 5.41) is 0. The molecule has 0 radical (unpaired) electrons. The van der Waals surface area contributed by atoms with E-state index in [9.17, 15) is 19.2 Å². The fourth-order valence-electron chi connectivity index (χ4n) is 5.57. The Labute approximate surface area is 255 Å². The third kappa shape index (κ3) is 4.80. The number of fused-ring (bicyclic) bond motifs is 2. The molecule has 0 aliphatic carbocycles. The first-order valence-corrected chi connectivity index (χ1v) is 14.5. The topological polar surface area (TPSA) is 117 Å². The maximum Gasteiger partial charge on any atom is 0.338 e. The largest absolute Gasteiger partial charge is 0.493 e. The summed E-state index contributed by atoms with van der Waals surface area (Å²) >= 11 is 1.09. The third-order valence-electron chi connectivity index (χ3n) is 7.49. The van der Waals surface area contributed by atoms with E-state index in [0.717, 1.165) is 16.9 Å². The van der Waals surface area contributed by atoms with Crippen molar-refractivity contribution in [2.45, 2.75) is 26.4 Å². The van der Waals surface area contributed by atoms with E-state index < -0.39 is 23.5 Å². The summed E-state index contributed by atoms with van der Waals surface area (Å²) in [7, 11) is 2.68. The number of anilines is 1. The minimum Gasteiger partial charge on any atom is -0.493 e. The van der Waals surface area contributed by atoms with E-state index >= 15 is 0 Å². The van der Waals surface area contributed by atoms with Gasteiger partial charge in [-0.1, -0.05) is 65.9 Å². The Morgan fingerprint density at radius 2 is 1.68 bits per heavy atom. The molecule has 0 saturated carbocycles. The van der Waals surface area contributed by atoms with E-state index in [1.54, 1.807) is 24.0 Å². The van der Waals surface area contributed by atoms with Crippen molar-refractivity contribution in [3.63, 3.8) is 0 Å². The van der Waals surface area contributed by atoms with Crippen molar-refractivity contribution in [2.24, 2.45) is 4.99 Å². The van der Waals surface area contributed by atoms with Crippen LogP contribution in [0.25, 0.3) is 5.57 Å². The first-order valence-electron chi connectivity index (χ1n) is 13.7. The predicted octanol–water partition coefficient (Wildman–Crippen LogP) is 3.26. The van der Waals surface area contributed by atoms with E-state index in [2.05, 4.69) is 4.99 Å². The molecule has 1 atom stereocenters. The normalized spacial score (nSPS) is 16.7. The number of aromatic nitrogens is 1. The van der Waals surface area contributed by atoms with Crippen LogP contribution in [0.15, 0.2) is 93.9 Å². The van der Waals surface area contributed by atoms with E-state index in [1.807, 2.05) is 54.6 Å². The molecule has 44 heavy (non-hydrogen) atoms. The van der Waals surface area contributed by atoms with Crippen LogP contribution in [0, 0.1) is 0 Å². The summed E-state index contributed by atoms with van der Waals surface area (Å²) in [6, 6.07) is 20.8. The van der Waals surface area contributed by atoms with Gasteiger partial charge in [0.2, 0.25) is 0 Å². The van der Waals surface area contributed by atoms with Crippen LogP contribution in [0.1, 0.15) is 36.6 Å². The second-order valence-corrected chi connectivity index (χ2v) is 11.1. The van der Waals surface area contributed by atoms with Crippen molar-refractivity contribution < 1.29 is 28.6 Å². The highest BCUT2D eigenvalue weighted by Gasteiger charge is 2.37. The van der Waals surface area contributed by atoms with Crippen LogP contribution in [0.5, 0.6) is 11.5 Å². The van der Waals surface area contributed by atoms with Crippen LogP contribution >= 0.6 is 11.3 Å². The molecule has 6 rings (SSSR count). The molecular formula is C33H27N3O7S. The van der Waals surface area contributed by atoms with Gasteiger partial charge in [-0.2, -0.15) is 0 Å². The lowest BCUT2D eigenvalue weighted by molar-refractivity contribution is -0.136. The number of nitrogens with zero attached hydrogens (tertiary/aromatic N) is 3. The first-order chi connectivity index (χ1) is 21.2. The van der Waals surface area contributed by atoms with E-state index in [1.165, 1.54) is 31.8 Å². The zero-order chi connectivity index (χ0) is 31.1. The number of thiazole rings is 1. The number of hydrogen-bond acceptors (Lipinski definition) is 9. The molecule has 3 heterocycles. The van der Waals surface area contributed by atoms with Gasteiger partial charge in [0, 0.05) is 12.5 Å². The molecule has 1 aromatic heterocycles. The SMILES string of the molecule is COC(=O)C1=C(C)N=c2s/c(=C3\C(=O)N(Cc4ccccc4)c4ccccc43)c(=O)n2C1c1ccc(OC(C)=O)c(OC)c1. The quantitative estimate of drug-likeness (QED) is 0.243. The molecule has 0 N–H and O–H groups in total. The number of carbonyl (C=O) groups is 3. The van der Waals surface area contributed by atoms with Gasteiger partial charge in [0.1, 0.15) is 4.53 Å². The Morgan fingerprint density at radius 1 is 0.955 bits per heavy atom. The number of carbonyl (C=O) groups excluding carboxylic acids is 3. The lowest BCUT2D eigenvalue weighted by atomic mass is 9.95. The van der Waals surface area contributed by atoms with Crippen molar-refractivity contribution in [3.05, 3.63) is 120 Å². The summed E-state index contributed by atoms with van der Waals surface area (Å²) in [6.07, 6.45) is 0. The molecule has 11 heteroatoms. The first kappa shape index (κ1) is 28.8. The fourth-order valence-corrected chi connectivity index (χ4v) is 6.71. The van der Waals surface area contributed by atoms with E-state index in [-0.39, 0.29) is 33.1 Å². The van der Waals surface area contributed by atoms with Gasteiger partial charge in [0.15, 0.2) is 16.3 Å². The second-order valence-electron chi connectivity index (χ2n) is 10.2. The van der Waals surface area contributed by atoms with Gasteiger partial charge < -0.3 is 19.1 Å². The molecule has 0 fully saturated rings. The predicted molar refractivity (Wildman–Crippen MR) is 163 cm³/mol. The third-order valence-corrected chi connectivity index (χ3v) is 8.55. The Hall–Kier alpha value is -5.29. The number of rotatable bonds is 6. The van der Waals surface area contributed by atoms with Crippen molar-refractivity contribution in [1.29, 1.82) is 0 Å². The molecule has 1 amide bonds. The van der Waals surface area contributed by atoms with Gasteiger partial charge in [-0.25, -0.2) is 9.79 Å². The van der Waals surface area contributed by atoms with Crippen molar-refractivity contribution in [2.75, 3.05) is 19.1 Å². The molecule has 2 aliphatic heterocycles. The maximum absolute atomic E-state index is 14.4. The number of esters is 2. The van der Waals surface area contributed by atoms with Crippen molar-refractivity contribution in [3.8, 4) is 11.5 Å². The van der Waals surface area contributed by atoms with Crippen LogP contribution in [-0.2, 0) is 25.7 Å². The van der Waals surface area contributed by atoms with E-state index in [4.69, 9.17) is 14.2 Å². The van der Waals surface area contributed by atoms with Gasteiger partial charge in [0.05, 0.1) is 49.3 Å². The zero-order valence-corrected chi connectivity index (χ0v) is 25.1. The minimum absolute atomic E-state index is 0.155. The molecule has 0 saturated heterocycles. The number of methoxy groups -OCH3 is 2. The molecule has 1 unspecified atom stereocenters. The molecule has 3 aromatic carbocycles. The Morgan fingerprint density at radius 3 is 2.39 bits per heavy atom. The monoisotopic (exact) mass is 609 g/mol. The average molecular weight is 610 g/mol. The number of para-hydroxylation sites is 1. The van der Waals surface area contributed by atoms with Crippen LogP contribution in [0.4, 0.5) is 5.69 Å². The minimum atomic E-state index is -0.958. The smallest absolute Gasteiger partial charge is 0.338 e. The van der Waals surface area contributed by atoms with Crippen LogP contribution < -0.4 is 29.3 Å². The lowest BCUT2D eigenvalue weighted by Crippen LogP contribution is -2.40. The summed E-state index contributed by atoms with van der Waals surface area (Å²) in [6.45, 7) is 3.28. The number of benzene rings is 3. The van der Waals surface area contributed by atoms with Crippen molar-refractivity contribution in [1.82, 2.24) is 4.57 Å². The fraction of sp³-hybridized carbons (Fsp3) is 0.182. The summed E-state index contributed by atoms with van der Waals surface area (Å²) in [5.74, 6) is -1.07. The summed E-state index contributed by atoms with van der Waals surface area (Å²) in [5.41, 5.74) is 3.12. The van der Waals surface area contributed by atoms with Crippen LogP contribution in [0.2, 0.25) is 0 Å². The number of ether oxygens (including phenoxy) is 3. The zero-order valence-electron chi connectivity index (χ0n) is 24.3. The number of amides is 1. The Balaban J connectivity index is 1.58. The average Bonchev–Trinajstić information content (AvgIpc) is 3.48. The van der Waals surface area contributed by atoms with E-state index in [0.29, 0.717) is 33.9 Å². The maximum atomic E-state index is 14.4. The highest BCUT2D eigenvalue weighted by atomic mass is 32.1. The van der Waals surface area contributed by atoms with Crippen LogP contribution in [-0.4, -0.2) is 36.6 Å². The molecule has 0 spiro atoms. The second kappa shape index (κ2) is 11.4. The van der Waals surface area contributed by atoms with Gasteiger partial charge in [-0.05, 0) is 36.2 Å². The molecule has 222 valence electrons. The number of hydrogen-bond donors (Lipinski definition) is 0. The van der Waals surface area contributed by atoms with Crippen molar-refractivity contribution >= 4 is 40.4 Å². The van der Waals surface area contributed by atoms with Gasteiger partial charge >= 0.3 is 11.9 Å². The molecule has 10 nitrogen and oxygen atoms in total. The highest BCUT2D eigenvalue weighted by Crippen LogP contribution is 2.38. The van der Waals surface area contributed by atoms with Gasteiger partial charge in [-0.15, -0.1) is 0 Å². The summed E-state index contributed by atoms with van der Waals surface area (Å²) < 4.78 is 17.5. The highest BCUT2D eigenvalue weighted by molar-refractivity contribution is 7.07.